The summed E-state index contributed by atoms with van der Waals surface area (Å²) in [6.07, 6.45) is 0. The average molecular weight is 350 g/mol. The molecule has 0 amide bonds. The Morgan fingerprint density at radius 1 is 0.900 bits per heavy atom. The lowest BCUT2D eigenvalue weighted by atomic mass is 9.89. The first kappa shape index (κ1) is 8.90. The van der Waals surface area contributed by atoms with Gasteiger partial charge in [-0.15, -0.1) is 0 Å². The van der Waals surface area contributed by atoms with E-state index < -0.39 is 0 Å². The molecule has 0 aromatic heterocycles. The molecule has 10 heavy (non-hydrogen) atoms. The summed E-state index contributed by atoms with van der Waals surface area (Å²) in [4.78, 5) is 0. The van der Waals surface area contributed by atoms with Crippen LogP contribution in [0.25, 0.3) is 0 Å². The van der Waals surface area contributed by atoms with E-state index in [2.05, 4.69) is 45.2 Å². The summed E-state index contributed by atoms with van der Waals surface area (Å²) in [5.74, 6) is 0. The molecule has 0 saturated carbocycles. The average Bonchev–Trinajstić information content (AvgIpc) is 1.84. The molecule has 0 aliphatic carbocycles. The molecule has 0 atom stereocenters. The van der Waals surface area contributed by atoms with Gasteiger partial charge in [0.2, 0.25) is 0 Å². The molecule has 0 fully saturated rings. The summed E-state index contributed by atoms with van der Waals surface area (Å²) in [7, 11) is 11.2. The summed E-state index contributed by atoms with van der Waals surface area (Å²) in [6, 6.07) is 3.75. The van der Waals surface area contributed by atoms with Crippen LogP contribution in [0.4, 0.5) is 0 Å². The van der Waals surface area contributed by atoms with Crippen LogP contribution in [0.5, 0.6) is 0 Å². The molecule has 0 saturated heterocycles. The number of hydrogen-bond donors (Lipinski definition) is 0. The SMILES string of the molecule is [B]c1cc(I)c([B])cc1I. The minimum Gasteiger partial charge on any atom is -0.0826 e. The van der Waals surface area contributed by atoms with E-state index in [9.17, 15) is 0 Å². The molecular weight excluding hydrogens is 347 g/mol. The van der Waals surface area contributed by atoms with Crippen molar-refractivity contribution in [3.8, 4) is 0 Å². The molecule has 0 heterocycles. The molecular formula is C6H2B2I2. The largest absolute Gasteiger partial charge is 0.115 e. The fourth-order valence-corrected chi connectivity index (χ4v) is 1.56. The van der Waals surface area contributed by atoms with E-state index in [1.165, 1.54) is 0 Å². The van der Waals surface area contributed by atoms with Crippen molar-refractivity contribution in [2.45, 2.75) is 0 Å². The molecule has 4 radical (unpaired) electrons. The maximum atomic E-state index is 5.62. The maximum absolute atomic E-state index is 5.62. The van der Waals surface area contributed by atoms with E-state index in [0.29, 0.717) is 0 Å². The van der Waals surface area contributed by atoms with E-state index in [1.807, 2.05) is 12.1 Å². The van der Waals surface area contributed by atoms with E-state index >= 15 is 0 Å². The third kappa shape index (κ3) is 1.90. The molecule has 0 bridgehead atoms. The lowest BCUT2D eigenvalue weighted by Gasteiger charge is -2.02. The van der Waals surface area contributed by atoms with Gasteiger partial charge in [0, 0.05) is 7.14 Å². The Labute approximate surface area is 90.3 Å². The Hall–Kier alpha value is 0.810. The van der Waals surface area contributed by atoms with Gasteiger partial charge in [-0.25, -0.2) is 0 Å². The van der Waals surface area contributed by atoms with Crippen LogP contribution in [0.1, 0.15) is 0 Å². The van der Waals surface area contributed by atoms with Gasteiger partial charge in [-0.3, -0.25) is 0 Å². The summed E-state index contributed by atoms with van der Waals surface area (Å²) < 4.78 is 2.02. The molecule has 0 spiro atoms. The van der Waals surface area contributed by atoms with Crippen LogP contribution in [0.2, 0.25) is 0 Å². The maximum Gasteiger partial charge on any atom is 0.115 e. The van der Waals surface area contributed by atoms with Gasteiger partial charge in [-0.2, -0.15) is 0 Å². The molecule has 1 aromatic rings. The highest BCUT2D eigenvalue weighted by Gasteiger charge is 1.97. The van der Waals surface area contributed by atoms with Crippen LogP contribution in [-0.2, 0) is 0 Å². The smallest absolute Gasteiger partial charge is 0.0826 e. The van der Waals surface area contributed by atoms with Gasteiger partial charge in [0.1, 0.15) is 15.7 Å². The van der Waals surface area contributed by atoms with Gasteiger partial charge < -0.3 is 0 Å². The molecule has 1 aromatic carbocycles. The first-order chi connectivity index (χ1) is 4.61. The van der Waals surface area contributed by atoms with Crippen LogP contribution in [0, 0.1) is 7.14 Å². The molecule has 1 rings (SSSR count). The Balaban J connectivity index is 3.28. The second-order valence-electron chi connectivity index (χ2n) is 1.90. The first-order valence-electron chi connectivity index (χ1n) is 2.61. The highest BCUT2D eigenvalue weighted by molar-refractivity contribution is 14.1. The number of halogens is 2. The van der Waals surface area contributed by atoms with Crippen molar-refractivity contribution in [1.82, 2.24) is 0 Å². The van der Waals surface area contributed by atoms with E-state index in [0.717, 1.165) is 18.1 Å². The predicted molar refractivity (Wildman–Crippen MR) is 62.7 cm³/mol. The summed E-state index contributed by atoms with van der Waals surface area (Å²) in [5, 5.41) is 0. The van der Waals surface area contributed by atoms with Crippen LogP contribution in [-0.4, -0.2) is 15.7 Å². The van der Waals surface area contributed by atoms with Crippen molar-refractivity contribution in [1.29, 1.82) is 0 Å². The summed E-state index contributed by atoms with van der Waals surface area (Å²) >= 11 is 4.32. The zero-order valence-electron chi connectivity index (χ0n) is 5.07. The lowest BCUT2D eigenvalue weighted by Crippen LogP contribution is -2.17. The molecule has 0 unspecified atom stereocenters. The van der Waals surface area contributed by atoms with E-state index in [1.54, 1.807) is 0 Å². The second kappa shape index (κ2) is 3.47. The Bertz CT molecular complexity index is 210. The molecule has 0 aliphatic heterocycles. The van der Waals surface area contributed by atoms with Crippen molar-refractivity contribution < 1.29 is 0 Å². The zero-order valence-corrected chi connectivity index (χ0v) is 9.38. The Morgan fingerprint density at radius 2 is 1.20 bits per heavy atom. The van der Waals surface area contributed by atoms with Crippen LogP contribution < -0.4 is 10.9 Å². The highest BCUT2D eigenvalue weighted by Crippen LogP contribution is 2.02. The minimum atomic E-state index is 0.791. The molecule has 46 valence electrons. The van der Waals surface area contributed by atoms with Gasteiger partial charge in [-0.1, -0.05) is 23.1 Å². The predicted octanol–water partition coefficient (Wildman–Crippen LogP) is 0.483. The quantitative estimate of drug-likeness (QED) is 0.472. The normalized spacial score (nSPS) is 9.80. The van der Waals surface area contributed by atoms with E-state index in [4.69, 9.17) is 15.7 Å². The standard InChI is InChI=1S/C6H2B2I2/c7-3-1-5(9)4(8)2-6(3)10/h1-2H. The number of benzene rings is 1. The van der Waals surface area contributed by atoms with Crippen molar-refractivity contribution in [2.24, 2.45) is 0 Å². The zero-order chi connectivity index (χ0) is 7.72. The molecule has 0 nitrogen and oxygen atoms in total. The minimum absolute atomic E-state index is 0.791. The highest BCUT2D eigenvalue weighted by atomic mass is 127. The van der Waals surface area contributed by atoms with Crippen LogP contribution in [0.15, 0.2) is 12.1 Å². The van der Waals surface area contributed by atoms with Crippen molar-refractivity contribution in [3.63, 3.8) is 0 Å². The fraction of sp³-hybridized carbons (Fsp3) is 0. The summed E-state index contributed by atoms with van der Waals surface area (Å²) in [6.45, 7) is 0. The van der Waals surface area contributed by atoms with Gasteiger partial charge in [0.05, 0.1) is 0 Å². The topological polar surface area (TPSA) is 0 Å². The number of hydrogen-bond acceptors (Lipinski definition) is 0. The second-order valence-corrected chi connectivity index (χ2v) is 4.22. The summed E-state index contributed by atoms with van der Waals surface area (Å²) in [5.41, 5.74) is 1.58. The molecule has 0 N–H and O–H groups in total. The molecule has 0 aliphatic rings. The van der Waals surface area contributed by atoms with Gasteiger partial charge in [0.25, 0.3) is 0 Å². The van der Waals surface area contributed by atoms with Gasteiger partial charge in [-0.05, 0) is 45.2 Å². The molecule has 4 heteroatoms. The lowest BCUT2D eigenvalue weighted by molar-refractivity contribution is 1.72. The van der Waals surface area contributed by atoms with Crippen molar-refractivity contribution in [2.75, 3.05) is 0 Å². The Kier molecular flexibility index (Phi) is 3.09. The number of rotatable bonds is 0. The first-order valence-corrected chi connectivity index (χ1v) is 4.77. The van der Waals surface area contributed by atoms with Gasteiger partial charge in [0.15, 0.2) is 0 Å². The van der Waals surface area contributed by atoms with E-state index in [-0.39, 0.29) is 0 Å². The van der Waals surface area contributed by atoms with Gasteiger partial charge >= 0.3 is 0 Å². The van der Waals surface area contributed by atoms with Crippen molar-refractivity contribution >= 4 is 71.8 Å². The monoisotopic (exact) mass is 350 g/mol. The third-order valence-corrected chi connectivity index (χ3v) is 2.98. The van der Waals surface area contributed by atoms with Crippen molar-refractivity contribution in [3.05, 3.63) is 19.3 Å². The Morgan fingerprint density at radius 3 is 1.50 bits per heavy atom. The third-order valence-electron chi connectivity index (χ3n) is 1.12. The van der Waals surface area contributed by atoms with Crippen LogP contribution in [0.3, 0.4) is 0 Å². The van der Waals surface area contributed by atoms with Crippen LogP contribution >= 0.6 is 45.2 Å². The fourth-order valence-electron chi connectivity index (χ4n) is 0.578.